The number of nitrogens with zero attached hydrogens (tertiary/aromatic N) is 3. The van der Waals surface area contributed by atoms with Crippen molar-refractivity contribution in [1.82, 2.24) is 19.9 Å². The van der Waals surface area contributed by atoms with Gasteiger partial charge in [-0.15, -0.1) is 0 Å². The van der Waals surface area contributed by atoms with Gasteiger partial charge in [-0.3, -0.25) is 9.78 Å². The van der Waals surface area contributed by atoms with E-state index in [1.54, 1.807) is 24.5 Å². The maximum atomic E-state index is 12.3. The van der Waals surface area contributed by atoms with Gasteiger partial charge in [0.2, 0.25) is 0 Å². The third-order valence-electron chi connectivity index (χ3n) is 5.21. The Morgan fingerprint density at radius 2 is 1.97 bits per heavy atom. The van der Waals surface area contributed by atoms with Crippen LogP contribution in [0, 0.1) is 13.8 Å². The first-order valence-electron chi connectivity index (χ1n) is 10.4. The van der Waals surface area contributed by atoms with Gasteiger partial charge < -0.3 is 14.6 Å². The molecule has 0 saturated carbocycles. The number of hydrogen-bond donors (Lipinski definition) is 1. The second-order valence-electron chi connectivity index (χ2n) is 7.53. The largest absolute Gasteiger partial charge is 0.491 e. The lowest BCUT2D eigenvalue weighted by Gasteiger charge is -2.13. The number of fused-ring (bicyclic) bond motifs is 1. The Bertz CT molecular complexity index is 1180. The lowest BCUT2D eigenvalue weighted by atomic mass is 10.1. The first-order chi connectivity index (χ1) is 15.1. The summed E-state index contributed by atoms with van der Waals surface area (Å²) in [4.78, 5) is 21.1. The van der Waals surface area contributed by atoms with E-state index in [1.165, 1.54) is 5.56 Å². The molecule has 0 saturated heterocycles. The molecule has 0 spiro atoms. The molecule has 0 aliphatic heterocycles. The van der Waals surface area contributed by atoms with Crippen LogP contribution in [0.1, 0.15) is 27.3 Å². The topological polar surface area (TPSA) is 69.0 Å². The van der Waals surface area contributed by atoms with Gasteiger partial charge >= 0.3 is 0 Å². The molecule has 0 fully saturated rings. The molecular formula is C25H26N4O2. The molecule has 2 heterocycles. The summed E-state index contributed by atoms with van der Waals surface area (Å²) in [6, 6.07) is 17.8. The Morgan fingerprint density at radius 1 is 1.10 bits per heavy atom. The van der Waals surface area contributed by atoms with Gasteiger partial charge in [-0.05, 0) is 55.3 Å². The number of rotatable bonds is 8. The van der Waals surface area contributed by atoms with Crippen molar-refractivity contribution in [2.75, 3.05) is 13.2 Å². The van der Waals surface area contributed by atoms with Crippen LogP contribution in [0.15, 0.2) is 67.0 Å². The fourth-order valence-electron chi connectivity index (χ4n) is 3.56. The van der Waals surface area contributed by atoms with E-state index in [0.29, 0.717) is 31.7 Å². The molecule has 158 valence electrons. The predicted octanol–water partition coefficient (Wildman–Crippen LogP) is 4.10. The molecule has 0 bridgehead atoms. The normalized spacial score (nSPS) is 10.9. The monoisotopic (exact) mass is 414 g/mol. The predicted molar refractivity (Wildman–Crippen MR) is 121 cm³/mol. The molecule has 0 aliphatic rings. The summed E-state index contributed by atoms with van der Waals surface area (Å²) in [5, 5.41) is 2.95. The van der Waals surface area contributed by atoms with Gasteiger partial charge in [-0.25, -0.2) is 4.98 Å². The molecule has 4 aromatic rings. The summed E-state index contributed by atoms with van der Waals surface area (Å²) in [7, 11) is 0. The van der Waals surface area contributed by atoms with Crippen molar-refractivity contribution in [2.24, 2.45) is 0 Å². The van der Waals surface area contributed by atoms with Crippen LogP contribution in [0.3, 0.4) is 0 Å². The maximum Gasteiger partial charge on any atom is 0.252 e. The van der Waals surface area contributed by atoms with Crippen LogP contribution < -0.4 is 10.1 Å². The number of ether oxygens (including phenoxy) is 1. The van der Waals surface area contributed by atoms with Crippen LogP contribution in [-0.2, 0) is 13.0 Å². The minimum absolute atomic E-state index is 0.131. The quantitative estimate of drug-likeness (QED) is 0.471. The Labute approximate surface area is 181 Å². The molecule has 1 amide bonds. The third kappa shape index (κ3) is 4.91. The van der Waals surface area contributed by atoms with E-state index in [9.17, 15) is 4.79 Å². The Kier molecular flexibility index (Phi) is 6.26. The van der Waals surface area contributed by atoms with Gasteiger partial charge in [0.15, 0.2) is 0 Å². The Balaban J connectivity index is 1.44. The van der Waals surface area contributed by atoms with Crippen LogP contribution in [0.5, 0.6) is 5.75 Å². The van der Waals surface area contributed by atoms with Crippen molar-refractivity contribution >= 4 is 16.9 Å². The SMILES string of the molecule is Cc1ccc(C)c(OCCn2c(CCNC(=O)c3cccnc3)nc3ccccc32)c1. The molecule has 0 atom stereocenters. The van der Waals surface area contributed by atoms with E-state index in [4.69, 9.17) is 9.72 Å². The Morgan fingerprint density at radius 3 is 2.81 bits per heavy atom. The first kappa shape index (κ1) is 20.6. The van der Waals surface area contributed by atoms with Crippen molar-refractivity contribution in [1.29, 1.82) is 0 Å². The third-order valence-corrected chi connectivity index (χ3v) is 5.21. The molecular weight excluding hydrogens is 388 g/mol. The number of carbonyl (C=O) groups excluding carboxylic acids is 1. The number of aryl methyl sites for hydroxylation is 2. The lowest BCUT2D eigenvalue weighted by Crippen LogP contribution is -2.26. The van der Waals surface area contributed by atoms with E-state index in [2.05, 4.69) is 53.0 Å². The molecule has 2 aromatic heterocycles. The minimum Gasteiger partial charge on any atom is -0.491 e. The van der Waals surface area contributed by atoms with Gasteiger partial charge in [0.05, 0.1) is 23.1 Å². The average Bonchev–Trinajstić information content (AvgIpc) is 3.14. The molecule has 31 heavy (non-hydrogen) atoms. The highest BCUT2D eigenvalue weighted by Crippen LogP contribution is 2.20. The second-order valence-corrected chi connectivity index (χ2v) is 7.53. The molecule has 4 rings (SSSR count). The van der Waals surface area contributed by atoms with Gasteiger partial charge in [0.25, 0.3) is 5.91 Å². The average molecular weight is 415 g/mol. The number of para-hydroxylation sites is 2. The second kappa shape index (κ2) is 9.43. The Hall–Kier alpha value is -3.67. The summed E-state index contributed by atoms with van der Waals surface area (Å²) < 4.78 is 8.25. The molecule has 2 aromatic carbocycles. The number of carbonyl (C=O) groups is 1. The number of aromatic nitrogens is 3. The summed E-state index contributed by atoms with van der Waals surface area (Å²) in [6.45, 7) is 5.83. The van der Waals surface area contributed by atoms with Gasteiger partial charge in [-0.2, -0.15) is 0 Å². The van der Waals surface area contributed by atoms with E-state index in [0.717, 1.165) is 28.2 Å². The van der Waals surface area contributed by atoms with Crippen molar-refractivity contribution in [3.63, 3.8) is 0 Å². The van der Waals surface area contributed by atoms with Gasteiger partial charge in [0, 0.05) is 25.4 Å². The fourth-order valence-corrected chi connectivity index (χ4v) is 3.56. The van der Waals surface area contributed by atoms with Crippen molar-refractivity contribution < 1.29 is 9.53 Å². The molecule has 6 nitrogen and oxygen atoms in total. The fraction of sp³-hybridized carbons (Fsp3) is 0.240. The smallest absolute Gasteiger partial charge is 0.252 e. The van der Waals surface area contributed by atoms with Gasteiger partial charge in [0.1, 0.15) is 18.2 Å². The van der Waals surface area contributed by atoms with Crippen LogP contribution >= 0.6 is 0 Å². The van der Waals surface area contributed by atoms with Crippen molar-refractivity contribution in [3.05, 3.63) is 89.5 Å². The summed E-state index contributed by atoms with van der Waals surface area (Å²) in [6.07, 6.45) is 3.85. The molecule has 0 unspecified atom stereocenters. The highest BCUT2D eigenvalue weighted by atomic mass is 16.5. The highest BCUT2D eigenvalue weighted by molar-refractivity contribution is 5.93. The van der Waals surface area contributed by atoms with E-state index in [-0.39, 0.29) is 5.91 Å². The molecule has 0 aliphatic carbocycles. The van der Waals surface area contributed by atoms with Crippen LogP contribution in [0.2, 0.25) is 0 Å². The number of amides is 1. The summed E-state index contributed by atoms with van der Waals surface area (Å²) in [5.41, 5.74) is 4.87. The van der Waals surface area contributed by atoms with Crippen molar-refractivity contribution in [3.8, 4) is 5.75 Å². The van der Waals surface area contributed by atoms with E-state index in [1.807, 2.05) is 18.2 Å². The molecule has 6 heteroatoms. The number of imidazole rings is 1. The number of pyridine rings is 1. The first-order valence-corrected chi connectivity index (χ1v) is 10.4. The van der Waals surface area contributed by atoms with Crippen LogP contribution in [0.25, 0.3) is 11.0 Å². The van der Waals surface area contributed by atoms with Crippen LogP contribution in [-0.4, -0.2) is 33.6 Å². The van der Waals surface area contributed by atoms with Crippen LogP contribution in [0.4, 0.5) is 0 Å². The minimum atomic E-state index is -0.131. The maximum absolute atomic E-state index is 12.3. The lowest BCUT2D eigenvalue weighted by molar-refractivity contribution is 0.0953. The molecule has 1 N–H and O–H groups in total. The summed E-state index contributed by atoms with van der Waals surface area (Å²) in [5.74, 6) is 1.71. The van der Waals surface area contributed by atoms with Gasteiger partial charge in [-0.1, -0.05) is 24.3 Å². The number of hydrogen-bond acceptors (Lipinski definition) is 4. The zero-order chi connectivity index (χ0) is 21.6. The van der Waals surface area contributed by atoms with E-state index >= 15 is 0 Å². The standard InChI is InChI=1S/C25H26N4O2/c1-18-9-10-19(2)23(16-18)31-15-14-29-22-8-4-3-7-21(22)28-24(29)11-13-27-25(30)20-6-5-12-26-17-20/h3-10,12,16-17H,11,13-15H2,1-2H3,(H,27,30). The zero-order valence-electron chi connectivity index (χ0n) is 17.8. The van der Waals surface area contributed by atoms with E-state index < -0.39 is 0 Å². The zero-order valence-corrected chi connectivity index (χ0v) is 17.8. The number of benzene rings is 2. The van der Waals surface area contributed by atoms with Crippen molar-refractivity contribution in [2.45, 2.75) is 26.8 Å². The molecule has 0 radical (unpaired) electrons. The highest BCUT2D eigenvalue weighted by Gasteiger charge is 2.12. The summed E-state index contributed by atoms with van der Waals surface area (Å²) >= 11 is 0. The number of nitrogens with one attached hydrogen (secondary N) is 1.